The highest BCUT2D eigenvalue weighted by molar-refractivity contribution is 5.79. The minimum atomic E-state index is 0.227. The summed E-state index contributed by atoms with van der Waals surface area (Å²) in [5, 5.41) is 4.59. The molecule has 0 radical (unpaired) electrons. The van der Waals surface area contributed by atoms with Gasteiger partial charge in [-0.05, 0) is 70.5 Å². The smallest absolute Gasteiger partial charge is 0.225 e. The van der Waals surface area contributed by atoms with Gasteiger partial charge < -0.3 is 4.90 Å². The van der Waals surface area contributed by atoms with Crippen LogP contribution in [0, 0.1) is 18.8 Å². The largest absolute Gasteiger partial charge is 0.342 e. The van der Waals surface area contributed by atoms with Crippen molar-refractivity contribution in [3.8, 4) is 0 Å². The zero-order chi connectivity index (χ0) is 21.6. The summed E-state index contributed by atoms with van der Waals surface area (Å²) in [4.78, 5) is 18.1. The SMILES string of the molecule is CCn1cc(CN2CCC([C@H]3CCCCN(CCc4ccccc4)C3=O)CC2)c(C)n1. The molecule has 1 aromatic carbocycles. The molecule has 1 atom stereocenters. The first-order chi connectivity index (χ1) is 15.1. The van der Waals surface area contributed by atoms with Crippen LogP contribution in [-0.2, 0) is 24.3 Å². The van der Waals surface area contributed by atoms with Crippen LogP contribution in [0.15, 0.2) is 36.5 Å². The summed E-state index contributed by atoms with van der Waals surface area (Å²) in [7, 11) is 0. The molecule has 0 spiro atoms. The maximum absolute atomic E-state index is 13.4. The third kappa shape index (κ3) is 5.57. The number of carbonyl (C=O) groups is 1. The number of amides is 1. The van der Waals surface area contributed by atoms with Gasteiger partial charge in [0.25, 0.3) is 0 Å². The molecule has 2 saturated heterocycles. The Balaban J connectivity index is 1.31. The van der Waals surface area contributed by atoms with E-state index in [1.165, 1.54) is 17.5 Å². The van der Waals surface area contributed by atoms with Gasteiger partial charge in [0.2, 0.25) is 5.91 Å². The number of aromatic nitrogens is 2. The number of aryl methyl sites for hydroxylation is 2. The molecule has 0 bridgehead atoms. The molecule has 2 aliphatic rings. The zero-order valence-corrected chi connectivity index (χ0v) is 19.3. The summed E-state index contributed by atoms with van der Waals surface area (Å²) in [5.74, 6) is 1.19. The summed E-state index contributed by atoms with van der Waals surface area (Å²) in [6, 6.07) is 10.6. The molecular weight excluding hydrogens is 384 g/mol. The second-order valence-electron chi connectivity index (χ2n) is 9.37. The molecule has 0 aliphatic carbocycles. The van der Waals surface area contributed by atoms with Crippen molar-refractivity contribution >= 4 is 5.91 Å². The number of rotatable bonds is 7. The lowest BCUT2D eigenvalue weighted by Gasteiger charge is -2.36. The number of hydrogen-bond donors (Lipinski definition) is 0. The minimum Gasteiger partial charge on any atom is -0.342 e. The summed E-state index contributed by atoms with van der Waals surface area (Å²) in [5.41, 5.74) is 3.82. The molecule has 31 heavy (non-hydrogen) atoms. The third-order valence-corrected chi connectivity index (χ3v) is 7.30. The van der Waals surface area contributed by atoms with Gasteiger partial charge in [-0.2, -0.15) is 5.10 Å². The van der Waals surface area contributed by atoms with Gasteiger partial charge in [-0.25, -0.2) is 0 Å². The first-order valence-corrected chi connectivity index (χ1v) is 12.2. The van der Waals surface area contributed by atoms with E-state index in [0.29, 0.717) is 11.8 Å². The fourth-order valence-electron chi connectivity index (χ4n) is 5.33. The highest BCUT2D eigenvalue weighted by atomic mass is 16.2. The van der Waals surface area contributed by atoms with Gasteiger partial charge in [-0.1, -0.05) is 36.8 Å². The topological polar surface area (TPSA) is 41.4 Å². The molecule has 0 N–H and O–H groups in total. The van der Waals surface area contributed by atoms with Crippen molar-refractivity contribution in [2.24, 2.45) is 11.8 Å². The lowest BCUT2D eigenvalue weighted by atomic mass is 9.81. The van der Waals surface area contributed by atoms with Crippen molar-refractivity contribution in [1.29, 1.82) is 0 Å². The number of nitrogens with zero attached hydrogens (tertiary/aromatic N) is 4. The summed E-state index contributed by atoms with van der Waals surface area (Å²) >= 11 is 0. The molecule has 2 aromatic rings. The van der Waals surface area contributed by atoms with Gasteiger partial charge in [-0.15, -0.1) is 0 Å². The molecule has 1 aromatic heterocycles. The lowest BCUT2D eigenvalue weighted by molar-refractivity contribution is -0.137. The quantitative estimate of drug-likeness (QED) is 0.668. The molecule has 0 saturated carbocycles. The van der Waals surface area contributed by atoms with Crippen LogP contribution < -0.4 is 0 Å². The van der Waals surface area contributed by atoms with Gasteiger partial charge in [0.15, 0.2) is 0 Å². The van der Waals surface area contributed by atoms with Crippen molar-refractivity contribution in [2.45, 2.75) is 65.5 Å². The Labute approximate surface area is 187 Å². The maximum atomic E-state index is 13.4. The Bertz CT molecular complexity index is 838. The number of carbonyl (C=O) groups excluding carboxylic acids is 1. The Hall–Kier alpha value is -2.14. The van der Waals surface area contributed by atoms with E-state index in [-0.39, 0.29) is 5.92 Å². The first-order valence-electron chi connectivity index (χ1n) is 12.2. The van der Waals surface area contributed by atoms with E-state index in [2.05, 4.69) is 65.3 Å². The molecule has 5 heteroatoms. The number of likely N-dealkylation sites (tertiary alicyclic amines) is 2. The van der Waals surface area contributed by atoms with Gasteiger partial charge in [-0.3, -0.25) is 14.4 Å². The molecule has 168 valence electrons. The van der Waals surface area contributed by atoms with Gasteiger partial charge in [0.1, 0.15) is 0 Å². The highest BCUT2D eigenvalue weighted by Gasteiger charge is 2.35. The average Bonchev–Trinajstić information content (AvgIpc) is 3.05. The van der Waals surface area contributed by atoms with Crippen molar-refractivity contribution in [2.75, 3.05) is 26.2 Å². The minimum absolute atomic E-state index is 0.227. The van der Waals surface area contributed by atoms with Crippen LogP contribution in [-0.4, -0.2) is 51.7 Å². The summed E-state index contributed by atoms with van der Waals surface area (Å²) < 4.78 is 2.03. The van der Waals surface area contributed by atoms with Crippen LogP contribution in [0.1, 0.15) is 55.8 Å². The van der Waals surface area contributed by atoms with Crippen LogP contribution in [0.5, 0.6) is 0 Å². The van der Waals surface area contributed by atoms with E-state index in [1.807, 2.05) is 4.68 Å². The van der Waals surface area contributed by atoms with Gasteiger partial charge in [0.05, 0.1) is 5.69 Å². The second kappa shape index (κ2) is 10.4. The van der Waals surface area contributed by atoms with Crippen molar-refractivity contribution in [3.63, 3.8) is 0 Å². The Morgan fingerprint density at radius 3 is 2.52 bits per heavy atom. The summed E-state index contributed by atoms with van der Waals surface area (Å²) in [6.45, 7) is 10.1. The van der Waals surface area contributed by atoms with Crippen LogP contribution in [0.2, 0.25) is 0 Å². The monoisotopic (exact) mass is 422 g/mol. The molecule has 0 unspecified atom stereocenters. The van der Waals surface area contributed by atoms with E-state index < -0.39 is 0 Å². The second-order valence-corrected chi connectivity index (χ2v) is 9.37. The molecule has 5 nitrogen and oxygen atoms in total. The molecular formula is C26H38N4O. The average molecular weight is 423 g/mol. The van der Waals surface area contributed by atoms with E-state index in [9.17, 15) is 4.79 Å². The number of benzene rings is 1. The van der Waals surface area contributed by atoms with Crippen LogP contribution in [0.3, 0.4) is 0 Å². The fraction of sp³-hybridized carbons (Fsp3) is 0.615. The van der Waals surface area contributed by atoms with E-state index in [1.54, 1.807) is 0 Å². The van der Waals surface area contributed by atoms with Crippen molar-refractivity contribution in [1.82, 2.24) is 19.6 Å². The molecule has 3 heterocycles. The van der Waals surface area contributed by atoms with Gasteiger partial charge in [0, 0.05) is 43.9 Å². The van der Waals surface area contributed by atoms with Gasteiger partial charge >= 0.3 is 0 Å². The van der Waals surface area contributed by atoms with Crippen molar-refractivity contribution in [3.05, 3.63) is 53.3 Å². The number of piperidine rings is 1. The molecule has 4 rings (SSSR count). The molecule has 1 amide bonds. The van der Waals surface area contributed by atoms with Crippen LogP contribution in [0.4, 0.5) is 0 Å². The van der Waals surface area contributed by atoms with Crippen molar-refractivity contribution < 1.29 is 4.79 Å². The Morgan fingerprint density at radius 1 is 1.03 bits per heavy atom. The van der Waals surface area contributed by atoms with E-state index >= 15 is 0 Å². The predicted molar refractivity (Wildman–Crippen MR) is 125 cm³/mol. The predicted octanol–water partition coefficient (Wildman–Crippen LogP) is 4.29. The first kappa shape index (κ1) is 22.1. The molecule has 2 aliphatic heterocycles. The zero-order valence-electron chi connectivity index (χ0n) is 19.3. The maximum Gasteiger partial charge on any atom is 0.225 e. The highest BCUT2D eigenvalue weighted by Crippen LogP contribution is 2.32. The third-order valence-electron chi connectivity index (χ3n) is 7.30. The Kier molecular flexibility index (Phi) is 7.44. The normalized spacial score (nSPS) is 21.4. The number of hydrogen-bond acceptors (Lipinski definition) is 3. The fourth-order valence-corrected chi connectivity index (χ4v) is 5.33. The van der Waals surface area contributed by atoms with E-state index in [0.717, 1.165) is 77.1 Å². The van der Waals surface area contributed by atoms with E-state index in [4.69, 9.17) is 0 Å². The van der Waals surface area contributed by atoms with Crippen LogP contribution >= 0.6 is 0 Å². The molecule has 2 fully saturated rings. The lowest BCUT2D eigenvalue weighted by Crippen LogP contribution is -2.42. The standard InChI is InChI=1S/C26H38N4O/c1-3-30-20-24(21(2)27-30)19-28-16-13-23(14-17-28)25-11-7-8-15-29(26(25)31)18-12-22-9-5-4-6-10-22/h4-6,9-10,20,23,25H,3,7-8,11-19H2,1-2H3/t25-/m1/s1. The van der Waals surface area contributed by atoms with Crippen LogP contribution in [0.25, 0.3) is 0 Å². The Morgan fingerprint density at radius 2 is 1.81 bits per heavy atom. The summed E-state index contributed by atoms with van der Waals surface area (Å²) in [6.07, 6.45) is 8.86.